The maximum absolute atomic E-state index is 12.7. The summed E-state index contributed by atoms with van der Waals surface area (Å²) in [6.45, 7) is 4.12. The number of unbranched alkanes of at least 4 members (excludes halogenated alkanes) is 21. The Bertz CT molecular complexity index is 971. The van der Waals surface area contributed by atoms with Gasteiger partial charge in [0.05, 0.1) is 33.9 Å². The highest BCUT2D eigenvalue weighted by Gasteiger charge is 2.21. The molecule has 3 unspecified atom stereocenters. The van der Waals surface area contributed by atoms with Gasteiger partial charge in [0.1, 0.15) is 19.8 Å². The molecule has 0 fully saturated rings. The topological polar surface area (TPSA) is 131 Å². The van der Waals surface area contributed by atoms with E-state index in [1.807, 2.05) is 21.1 Å². The molecule has 0 saturated carbocycles. The number of quaternary nitrogens is 1. The van der Waals surface area contributed by atoms with Gasteiger partial charge >= 0.3 is 11.9 Å². The number of phosphoric acid groups is 1. The highest BCUT2D eigenvalue weighted by Crippen LogP contribution is 2.38. The summed E-state index contributed by atoms with van der Waals surface area (Å²) in [5.41, 5.74) is 0. The number of hydrogen-bond donors (Lipinski definition) is 1. The van der Waals surface area contributed by atoms with Crippen LogP contribution in [0.5, 0.6) is 0 Å². The van der Waals surface area contributed by atoms with Crippen LogP contribution in [0.3, 0.4) is 0 Å². The SMILES string of the molecule is CCCCCCCC/C=C\CCCCCCCC(=O)OCC(COP(=O)([O-])OCC[N+](C)(C)C)OC(=O)CCCCCCCCCCC(O)CCCCCC. The second-order valence-electron chi connectivity index (χ2n) is 16.6. The summed E-state index contributed by atoms with van der Waals surface area (Å²) < 4.78 is 33.9. The largest absolute Gasteiger partial charge is 0.756 e. The molecular formula is C44H86NO9P. The van der Waals surface area contributed by atoms with Gasteiger partial charge in [-0.3, -0.25) is 14.2 Å². The van der Waals surface area contributed by atoms with E-state index in [0.717, 1.165) is 96.3 Å². The maximum atomic E-state index is 12.7. The van der Waals surface area contributed by atoms with E-state index in [2.05, 4.69) is 26.0 Å². The van der Waals surface area contributed by atoms with Gasteiger partial charge < -0.3 is 33.0 Å². The van der Waals surface area contributed by atoms with Crippen molar-refractivity contribution in [2.75, 3.05) is 47.5 Å². The number of phosphoric ester groups is 1. The van der Waals surface area contributed by atoms with E-state index >= 15 is 0 Å². The van der Waals surface area contributed by atoms with Crippen molar-refractivity contribution in [1.82, 2.24) is 0 Å². The Balaban J connectivity index is 4.37. The lowest BCUT2D eigenvalue weighted by molar-refractivity contribution is -0.870. The number of carbonyl (C=O) groups is 2. The lowest BCUT2D eigenvalue weighted by Crippen LogP contribution is -2.37. The lowest BCUT2D eigenvalue weighted by atomic mass is 10.0. The Morgan fingerprint density at radius 1 is 0.618 bits per heavy atom. The van der Waals surface area contributed by atoms with Crippen molar-refractivity contribution in [3.63, 3.8) is 0 Å². The molecule has 0 aromatic rings. The monoisotopic (exact) mass is 804 g/mol. The Morgan fingerprint density at radius 2 is 1.05 bits per heavy atom. The average Bonchev–Trinajstić information content (AvgIpc) is 3.13. The first-order valence-electron chi connectivity index (χ1n) is 22.5. The Morgan fingerprint density at radius 3 is 1.56 bits per heavy atom. The van der Waals surface area contributed by atoms with E-state index in [0.29, 0.717) is 23.9 Å². The zero-order valence-electron chi connectivity index (χ0n) is 36.3. The predicted molar refractivity (Wildman–Crippen MR) is 224 cm³/mol. The van der Waals surface area contributed by atoms with E-state index in [9.17, 15) is 24.2 Å². The van der Waals surface area contributed by atoms with Crippen LogP contribution in [0.15, 0.2) is 12.2 Å². The summed E-state index contributed by atoms with van der Waals surface area (Å²) in [6, 6.07) is 0. The molecule has 0 rings (SSSR count). The second-order valence-corrected chi connectivity index (χ2v) is 18.0. The normalized spacial score (nSPS) is 14.2. The number of ether oxygens (including phenoxy) is 2. The molecule has 0 radical (unpaired) electrons. The standard InChI is InChI=1S/C44H86NO9P/c1-6-8-10-12-13-14-15-16-17-18-19-20-24-27-31-35-43(47)51-39-42(40-53-55(49,50)52-38-37-45(3,4)5)54-44(48)36-32-28-25-22-21-23-26-30-34-41(46)33-29-11-9-7-2/h16-17,41-42,46H,6-15,18-40H2,1-5H3/b17-16-. The van der Waals surface area contributed by atoms with E-state index in [-0.39, 0.29) is 32.2 Å². The summed E-state index contributed by atoms with van der Waals surface area (Å²) in [6.07, 6.45) is 33.9. The van der Waals surface area contributed by atoms with Crippen LogP contribution in [-0.2, 0) is 32.7 Å². The molecule has 0 aliphatic heterocycles. The van der Waals surface area contributed by atoms with Gasteiger partial charge in [-0.2, -0.15) is 0 Å². The van der Waals surface area contributed by atoms with Crippen molar-refractivity contribution in [3.05, 3.63) is 12.2 Å². The summed E-state index contributed by atoms with van der Waals surface area (Å²) in [4.78, 5) is 37.5. The van der Waals surface area contributed by atoms with Crippen LogP contribution in [0.1, 0.15) is 200 Å². The van der Waals surface area contributed by atoms with Crippen LogP contribution >= 0.6 is 7.82 Å². The molecule has 0 aliphatic rings. The van der Waals surface area contributed by atoms with Gasteiger partial charge in [-0.1, -0.05) is 148 Å². The van der Waals surface area contributed by atoms with Gasteiger partial charge in [0, 0.05) is 12.8 Å². The lowest BCUT2D eigenvalue weighted by Gasteiger charge is -2.28. The van der Waals surface area contributed by atoms with Crippen molar-refractivity contribution in [3.8, 4) is 0 Å². The van der Waals surface area contributed by atoms with E-state index < -0.39 is 32.5 Å². The minimum Gasteiger partial charge on any atom is -0.756 e. The van der Waals surface area contributed by atoms with Gasteiger partial charge in [0.25, 0.3) is 7.82 Å². The molecule has 55 heavy (non-hydrogen) atoms. The molecule has 3 atom stereocenters. The molecule has 0 aromatic heterocycles. The summed E-state index contributed by atoms with van der Waals surface area (Å²) >= 11 is 0. The van der Waals surface area contributed by atoms with Crippen molar-refractivity contribution >= 4 is 19.8 Å². The molecule has 326 valence electrons. The number of carbonyl (C=O) groups excluding carboxylic acids is 2. The Kier molecular flexibility index (Phi) is 36.1. The molecule has 11 heteroatoms. The molecule has 0 saturated heterocycles. The number of aliphatic hydroxyl groups is 1. The van der Waals surface area contributed by atoms with Crippen molar-refractivity contribution in [1.29, 1.82) is 0 Å². The van der Waals surface area contributed by atoms with E-state index in [1.54, 1.807) is 0 Å². The number of likely N-dealkylation sites (N-methyl/N-ethyl adjacent to an activating group) is 1. The zero-order chi connectivity index (χ0) is 40.9. The van der Waals surface area contributed by atoms with Crippen molar-refractivity contribution in [2.45, 2.75) is 212 Å². The molecule has 10 nitrogen and oxygen atoms in total. The highest BCUT2D eigenvalue weighted by atomic mass is 31.2. The number of hydrogen-bond acceptors (Lipinski definition) is 9. The molecule has 0 aliphatic carbocycles. The molecule has 0 heterocycles. The van der Waals surface area contributed by atoms with E-state index in [1.165, 1.54) is 64.2 Å². The zero-order valence-corrected chi connectivity index (χ0v) is 37.1. The van der Waals surface area contributed by atoms with Gasteiger partial charge in [0.2, 0.25) is 0 Å². The van der Waals surface area contributed by atoms with Crippen LogP contribution in [0.2, 0.25) is 0 Å². The van der Waals surface area contributed by atoms with Gasteiger partial charge in [-0.15, -0.1) is 0 Å². The third-order valence-corrected chi connectivity index (χ3v) is 10.8. The molecule has 0 amide bonds. The second kappa shape index (κ2) is 37.0. The van der Waals surface area contributed by atoms with Gasteiger partial charge in [-0.05, 0) is 51.4 Å². The van der Waals surface area contributed by atoms with E-state index in [4.69, 9.17) is 18.5 Å². The first-order valence-corrected chi connectivity index (χ1v) is 23.9. The third-order valence-electron chi connectivity index (χ3n) is 9.86. The number of esters is 2. The summed E-state index contributed by atoms with van der Waals surface area (Å²) in [7, 11) is 1.13. The fraction of sp³-hybridized carbons (Fsp3) is 0.909. The van der Waals surface area contributed by atoms with Crippen molar-refractivity contribution < 1.29 is 47.2 Å². The fourth-order valence-corrected chi connectivity index (χ4v) is 6.99. The first kappa shape index (κ1) is 53.7. The molecule has 0 spiro atoms. The number of rotatable bonds is 41. The first-order chi connectivity index (χ1) is 26.4. The quantitative estimate of drug-likeness (QED) is 0.0211. The Labute approximate surface area is 338 Å². The molecule has 0 aromatic carbocycles. The number of aliphatic hydroxyl groups excluding tert-OH is 1. The average molecular weight is 804 g/mol. The van der Waals surface area contributed by atoms with Crippen LogP contribution in [0.4, 0.5) is 0 Å². The number of allylic oxidation sites excluding steroid dienone is 2. The molecular weight excluding hydrogens is 717 g/mol. The van der Waals surface area contributed by atoms with Crippen LogP contribution in [0, 0.1) is 0 Å². The summed E-state index contributed by atoms with van der Waals surface area (Å²) in [5, 5.41) is 10.1. The van der Waals surface area contributed by atoms with Crippen LogP contribution < -0.4 is 4.89 Å². The third kappa shape index (κ3) is 40.7. The minimum absolute atomic E-state index is 0.0397. The number of nitrogens with zero attached hydrogens (tertiary/aromatic N) is 1. The minimum atomic E-state index is -4.63. The van der Waals surface area contributed by atoms with Crippen molar-refractivity contribution in [2.24, 2.45) is 0 Å². The summed E-state index contributed by atoms with van der Waals surface area (Å²) in [5.74, 6) is -0.872. The van der Waals surface area contributed by atoms with Crippen LogP contribution in [0.25, 0.3) is 0 Å². The molecule has 1 N–H and O–H groups in total. The highest BCUT2D eigenvalue weighted by molar-refractivity contribution is 7.45. The van der Waals surface area contributed by atoms with Gasteiger partial charge in [0.15, 0.2) is 6.10 Å². The Hall–Kier alpha value is -1.29. The van der Waals surface area contributed by atoms with Crippen LogP contribution in [-0.4, -0.2) is 81.2 Å². The van der Waals surface area contributed by atoms with Gasteiger partial charge in [-0.25, -0.2) is 0 Å². The smallest absolute Gasteiger partial charge is 0.306 e. The molecule has 0 bridgehead atoms. The fourth-order valence-electron chi connectivity index (χ4n) is 6.26. The maximum Gasteiger partial charge on any atom is 0.306 e. The predicted octanol–water partition coefficient (Wildman–Crippen LogP) is 10.9.